The lowest BCUT2D eigenvalue weighted by atomic mass is 9.71. The molecule has 0 radical (unpaired) electrons. The maximum Gasteiger partial charge on any atom is -0.00484 e. The Morgan fingerprint density at radius 2 is 2.15 bits per heavy atom. The summed E-state index contributed by atoms with van der Waals surface area (Å²) in [6.07, 6.45) is 2.58. The first-order chi connectivity index (χ1) is 6.29. The van der Waals surface area contributed by atoms with Crippen molar-refractivity contribution in [2.45, 2.75) is 25.7 Å². The van der Waals surface area contributed by atoms with E-state index in [0.29, 0.717) is 0 Å². The van der Waals surface area contributed by atoms with Gasteiger partial charge in [-0.05, 0) is 43.7 Å². The zero-order valence-corrected chi connectivity index (χ0v) is 8.16. The summed E-state index contributed by atoms with van der Waals surface area (Å²) in [5, 5.41) is 0. The summed E-state index contributed by atoms with van der Waals surface area (Å²) in [6, 6.07) is 8.85. The second-order valence-electron chi connectivity index (χ2n) is 4.18. The van der Waals surface area contributed by atoms with Crippen LogP contribution in [0, 0.1) is 12.8 Å². The van der Waals surface area contributed by atoms with Crippen LogP contribution in [0.15, 0.2) is 24.3 Å². The summed E-state index contributed by atoms with van der Waals surface area (Å²) >= 11 is 0. The third-order valence-corrected chi connectivity index (χ3v) is 3.08. The summed E-state index contributed by atoms with van der Waals surface area (Å²) in [7, 11) is 0. The molecule has 1 nitrogen and oxygen atoms in total. The monoisotopic (exact) mass is 175 g/mol. The maximum absolute atomic E-state index is 5.60. The quantitative estimate of drug-likeness (QED) is 0.734. The lowest BCUT2D eigenvalue weighted by Crippen LogP contribution is -2.28. The Morgan fingerprint density at radius 1 is 1.38 bits per heavy atom. The number of benzene rings is 1. The molecule has 0 bridgehead atoms. The first kappa shape index (κ1) is 8.76. The molecule has 0 heterocycles. The zero-order valence-electron chi connectivity index (χ0n) is 8.16. The van der Waals surface area contributed by atoms with Crippen molar-refractivity contribution in [2.75, 3.05) is 6.54 Å². The van der Waals surface area contributed by atoms with Crippen molar-refractivity contribution in [3.05, 3.63) is 35.4 Å². The van der Waals surface area contributed by atoms with Crippen LogP contribution in [0.25, 0.3) is 0 Å². The fraction of sp³-hybridized carbons (Fsp3) is 0.500. The molecule has 0 atom stereocenters. The third-order valence-electron chi connectivity index (χ3n) is 3.08. The Hall–Kier alpha value is -0.820. The summed E-state index contributed by atoms with van der Waals surface area (Å²) in [4.78, 5) is 0. The third kappa shape index (κ3) is 1.75. The number of rotatable bonds is 2. The first-order valence-corrected chi connectivity index (χ1v) is 5.06. The highest BCUT2D eigenvalue weighted by molar-refractivity contribution is 5.27. The van der Waals surface area contributed by atoms with Gasteiger partial charge in [0.05, 0.1) is 0 Å². The Bertz CT molecular complexity index is 287. The molecule has 0 spiro atoms. The standard InChI is InChI=1S/C12H17N/c1-9-3-2-4-11(5-9)12-6-10(7-12)8-13/h2-5,10,12H,6-8,13H2,1H3. The largest absolute Gasteiger partial charge is 0.330 e. The second-order valence-corrected chi connectivity index (χ2v) is 4.18. The van der Waals surface area contributed by atoms with Gasteiger partial charge < -0.3 is 5.73 Å². The normalized spacial score (nSPS) is 26.9. The Morgan fingerprint density at radius 3 is 2.77 bits per heavy atom. The molecular formula is C12H17N. The van der Waals surface area contributed by atoms with Crippen molar-refractivity contribution >= 4 is 0 Å². The van der Waals surface area contributed by atoms with Crippen LogP contribution >= 0.6 is 0 Å². The van der Waals surface area contributed by atoms with Gasteiger partial charge in [-0.1, -0.05) is 29.8 Å². The van der Waals surface area contributed by atoms with E-state index in [9.17, 15) is 0 Å². The molecule has 0 aliphatic heterocycles. The lowest BCUT2D eigenvalue weighted by molar-refractivity contribution is 0.272. The molecular weight excluding hydrogens is 158 g/mol. The van der Waals surface area contributed by atoms with Gasteiger partial charge in [-0.15, -0.1) is 0 Å². The van der Waals surface area contributed by atoms with E-state index in [0.717, 1.165) is 18.4 Å². The van der Waals surface area contributed by atoms with Gasteiger partial charge >= 0.3 is 0 Å². The highest BCUT2D eigenvalue weighted by atomic mass is 14.6. The van der Waals surface area contributed by atoms with Crippen LogP contribution in [0.3, 0.4) is 0 Å². The predicted octanol–water partition coefficient (Wildman–Crippen LogP) is 2.45. The summed E-state index contributed by atoms with van der Waals surface area (Å²) < 4.78 is 0. The van der Waals surface area contributed by atoms with Crippen LogP contribution in [-0.2, 0) is 0 Å². The fourth-order valence-corrected chi connectivity index (χ4v) is 2.12. The minimum Gasteiger partial charge on any atom is -0.330 e. The Labute approximate surface area is 80.0 Å². The van der Waals surface area contributed by atoms with Crippen molar-refractivity contribution in [1.29, 1.82) is 0 Å². The van der Waals surface area contributed by atoms with Gasteiger partial charge in [0.25, 0.3) is 0 Å². The van der Waals surface area contributed by atoms with Crippen LogP contribution in [0.1, 0.15) is 29.9 Å². The van der Waals surface area contributed by atoms with Crippen molar-refractivity contribution in [3.63, 3.8) is 0 Å². The van der Waals surface area contributed by atoms with E-state index in [4.69, 9.17) is 5.73 Å². The van der Waals surface area contributed by atoms with E-state index in [1.54, 1.807) is 0 Å². The smallest absolute Gasteiger partial charge is 0.00484 e. The van der Waals surface area contributed by atoms with Crippen LogP contribution in [0.5, 0.6) is 0 Å². The number of nitrogens with two attached hydrogens (primary N) is 1. The maximum atomic E-state index is 5.60. The molecule has 2 rings (SSSR count). The van der Waals surface area contributed by atoms with E-state index in [1.165, 1.54) is 24.0 Å². The fourth-order valence-electron chi connectivity index (χ4n) is 2.12. The lowest BCUT2D eigenvalue weighted by Gasteiger charge is -2.35. The Balaban J connectivity index is 2.03. The molecule has 70 valence electrons. The molecule has 2 N–H and O–H groups in total. The van der Waals surface area contributed by atoms with Gasteiger partial charge in [-0.2, -0.15) is 0 Å². The van der Waals surface area contributed by atoms with Gasteiger partial charge in [-0.25, -0.2) is 0 Å². The van der Waals surface area contributed by atoms with Crippen molar-refractivity contribution in [2.24, 2.45) is 11.7 Å². The van der Waals surface area contributed by atoms with Gasteiger partial charge in [-0.3, -0.25) is 0 Å². The van der Waals surface area contributed by atoms with Crippen molar-refractivity contribution < 1.29 is 0 Å². The molecule has 0 saturated heterocycles. The van der Waals surface area contributed by atoms with Crippen LogP contribution in [0.2, 0.25) is 0 Å². The van der Waals surface area contributed by atoms with Crippen LogP contribution in [0.4, 0.5) is 0 Å². The predicted molar refractivity (Wildman–Crippen MR) is 55.7 cm³/mol. The minimum absolute atomic E-state index is 0.783. The number of aryl methyl sites for hydroxylation is 1. The SMILES string of the molecule is Cc1cccc(C2CC(CN)C2)c1. The molecule has 1 aliphatic rings. The topological polar surface area (TPSA) is 26.0 Å². The molecule has 1 aromatic rings. The van der Waals surface area contributed by atoms with E-state index in [2.05, 4.69) is 31.2 Å². The molecule has 0 aromatic heterocycles. The molecule has 0 amide bonds. The van der Waals surface area contributed by atoms with Gasteiger partial charge in [0.2, 0.25) is 0 Å². The number of hydrogen-bond acceptors (Lipinski definition) is 1. The van der Waals surface area contributed by atoms with E-state index in [-0.39, 0.29) is 0 Å². The van der Waals surface area contributed by atoms with E-state index < -0.39 is 0 Å². The highest BCUT2D eigenvalue weighted by Crippen LogP contribution is 2.40. The van der Waals surface area contributed by atoms with Gasteiger partial charge in [0.1, 0.15) is 0 Å². The molecule has 1 saturated carbocycles. The summed E-state index contributed by atoms with van der Waals surface area (Å²) in [6.45, 7) is 3.02. The Kier molecular flexibility index (Phi) is 2.36. The van der Waals surface area contributed by atoms with Crippen LogP contribution in [-0.4, -0.2) is 6.54 Å². The molecule has 13 heavy (non-hydrogen) atoms. The first-order valence-electron chi connectivity index (χ1n) is 5.06. The average Bonchev–Trinajstić information content (AvgIpc) is 2.02. The number of hydrogen-bond donors (Lipinski definition) is 1. The molecule has 1 aliphatic carbocycles. The van der Waals surface area contributed by atoms with Crippen molar-refractivity contribution in [1.82, 2.24) is 0 Å². The minimum atomic E-state index is 0.783. The van der Waals surface area contributed by atoms with Gasteiger partial charge in [0, 0.05) is 0 Å². The summed E-state index contributed by atoms with van der Waals surface area (Å²) in [5.74, 6) is 1.57. The highest BCUT2D eigenvalue weighted by Gasteiger charge is 2.28. The van der Waals surface area contributed by atoms with Crippen LogP contribution < -0.4 is 5.73 Å². The molecule has 1 aromatic carbocycles. The molecule has 1 heteroatoms. The van der Waals surface area contributed by atoms with E-state index >= 15 is 0 Å². The molecule has 0 unspecified atom stereocenters. The van der Waals surface area contributed by atoms with E-state index in [1.807, 2.05) is 0 Å². The zero-order chi connectivity index (χ0) is 9.26. The van der Waals surface area contributed by atoms with Gasteiger partial charge in [0.15, 0.2) is 0 Å². The molecule has 1 fully saturated rings. The average molecular weight is 175 g/mol. The van der Waals surface area contributed by atoms with Crippen molar-refractivity contribution in [3.8, 4) is 0 Å². The second kappa shape index (κ2) is 3.51. The summed E-state index contributed by atoms with van der Waals surface area (Å²) in [5.41, 5.74) is 8.48.